The van der Waals surface area contributed by atoms with Gasteiger partial charge in [0.1, 0.15) is 0 Å². The van der Waals surface area contributed by atoms with E-state index in [4.69, 9.17) is 11.6 Å². The fourth-order valence-electron chi connectivity index (χ4n) is 3.12. The third-order valence-electron chi connectivity index (χ3n) is 4.51. The van der Waals surface area contributed by atoms with Gasteiger partial charge >= 0.3 is 0 Å². The van der Waals surface area contributed by atoms with Crippen molar-refractivity contribution in [2.45, 2.75) is 13.3 Å². The van der Waals surface area contributed by atoms with Crippen LogP contribution in [0.2, 0.25) is 5.02 Å². The fourth-order valence-corrected chi connectivity index (χ4v) is 3.36. The van der Waals surface area contributed by atoms with E-state index >= 15 is 0 Å². The van der Waals surface area contributed by atoms with Crippen LogP contribution in [0, 0.1) is 12.8 Å². The zero-order valence-corrected chi connectivity index (χ0v) is 14.7. The molecule has 4 rings (SSSR count). The number of nitrogens with one attached hydrogen (secondary N) is 2. The average Bonchev–Trinajstić information content (AvgIpc) is 3.19. The predicted octanol–water partition coefficient (Wildman–Crippen LogP) is 2.91. The molecule has 1 aliphatic heterocycles. The molecule has 3 heterocycles. The van der Waals surface area contributed by atoms with Crippen LogP contribution in [0.3, 0.4) is 0 Å². The summed E-state index contributed by atoms with van der Waals surface area (Å²) in [7, 11) is 0. The summed E-state index contributed by atoms with van der Waals surface area (Å²) < 4.78 is 0. The predicted molar refractivity (Wildman–Crippen MR) is 99.2 cm³/mol. The number of aryl methyl sites for hydroxylation is 1. The minimum absolute atomic E-state index is 0.113. The molecule has 1 saturated heterocycles. The van der Waals surface area contributed by atoms with Gasteiger partial charge in [-0.3, -0.25) is 14.7 Å². The molecule has 2 N–H and O–H groups in total. The quantitative estimate of drug-likeness (QED) is 0.742. The van der Waals surface area contributed by atoms with Crippen LogP contribution in [0.15, 0.2) is 36.5 Å². The van der Waals surface area contributed by atoms with Gasteiger partial charge in [0.2, 0.25) is 11.8 Å². The number of hydrogen-bond acceptors (Lipinski definition) is 4. The highest BCUT2D eigenvalue weighted by Gasteiger charge is 2.35. The van der Waals surface area contributed by atoms with Crippen molar-refractivity contribution >= 4 is 45.8 Å². The van der Waals surface area contributed by atoms with Gasteiger partial charge in [-0.1, -0.05) is 23.7 Å². The average molecular weight is 370 g/mol. The van der Waals surface area contributed by atoms with E-state index in [0.29, 0.717) is 28.6 Å². The summed E-state index contributed by atoms with van der Waals surface area (Å²) in [6.07, 6.45) is 1.71. The SMILES string of the molecule is Cc1[nH]nc2ncc(NC(=O)[C@@H]3CC(=O)N(c4ccccc4Cl)C3)cc12. The molecule has 8 heteroatoms. The first-order chi connectivity index (χ1) is 12.5. The van der Waals surface area contributed by atoms with Crippen molar-refractivity contribution in [3.63, 3.8) is 0 Å². The second-order valence-corrected chi connectivity index (χ2v) is 6.70. The lowest BCUT2D eigenvalue weighted by Gasteiger charge is -2.18. The van der Waals surface area contributed by atoms with Gasteiger partial charge in [-0.05, 0) is 25.1 Å². The van der Waals surface area contributed by atoms with E-state index in [1.54, 1.807) is 29.3 Å². The first-order valence-corrected chi connectivity index (χ1v) is 8.57. The summed E-state index contributed by atoms with van der Waals surface area (Å²) in [5.41, 5.74) is 2.69. The van der Waals surface area contributed by atoms with Crippen molar-refractivity contribution < 1.29 is 9.59 Å². The summed E-state index contributed by atoms with van der Waals surface area (Å²) in [5, 5.41) is 11.1. The van der Waals surface area contributed by atoms with Gasteiger partial charge in [0.25, 0.3) is 0 Å². The highest BCUT2D eigenvalue weighted by Crippen LogP contribution is 2.31. The number of aromatic nitrogens is 3. The molecule has 0 radical (unpaired) electrons. The molecule has 132 valence electrons. The number of aromatic amines is 1. The van der Waals surface area contributed by atoms with Gasteiger partial charge in [0.05, 0.1) is 28.5 Å². The minimum atomic E-state index is -0.445. The lowest BCUT2D eigenvalue weighted by molar-refractivity contribution is -0.122. The topological polar surface area (TPSA) is 91.0 Å². The minimum Gasteiger partial charge on any atom is -0.324 e. The van der Waals surface area contributed by atoms with Crippen molar-refractivity contribution in [2.24, 2.45) is 5.92 Å². The van der Waals surface area contributed by atoms with E-state index in [0.717, 1.165) is 11.1 Å². The largest absolute Gasteiger partial charge is 0.324 e. The lowest BCUT2D eigenvalue weighted by Crippen LogP contribution is -2.28. The van der Waals surface area contributed by atoms with Crippen LogP contribution in [-0.4, -0.2) is 33.5 Å². The number of carbonyl (C=O) groups is 2. The van der Waals surface area contributed by atoms with Gasteiger partial charge in [0.15, 0.2) is 5.65 Å². The Morgan fingerprint density at radius 3 is 3.00 bits per heavy atom. The molecule has 0 saturated carbocycles. The smallest absolute Gasteiger partial charge is 0.229 e. The molecule has 2 aromatic heterocycles. The Morgan fingerprint density at radius 2 is 2.19 bits per heavy atom. The highest BCUT2D eigenvalue weighted by molar-refractivity contribution is 6.33. The molecule has 3 aromatic rings. The molecular formula is C18H16ClN5O2. The summed E-state index contributed by atoms with van der Waals surface area (Å²) >= 11 is 6.17. The van der Waals surface area contributed by atoms with E-state index < -0.39 is 5.92 Å². The van der Waals surface area contributed by atoms with Crippen molar-refractivity contribution in [3.05, 3.63) is 47.2 Å². The number of halogens is 1. The third-order valence-corrected chi connectivity index (χ3v) is 4.83. The Hall–Kier alpha value is -2.93. The van der Waals surface area contributed by atoms with Crippen molar-refractivity contribution in [1.82, 2.24) is 15.2 Å². The van der Waals surface area contributed by atoms with E-state index in [-0.39, 0.29) is 18.2 Å². The van der Waals surface area contributed by atoms with Crippen molar-refractivity contribution in [1.29, 1.82) is 0 Å². The maximum atomic E-state index is 12.6. The van der Waals surface area contributed by atoms with Crippen molar-refractivity contribution in [2.75, 3.05) is 16.8 Å². The molecular weight excluding hydrogens is 354 g/mol. The number of H-pyrrole nitrogens is 1. The Labute approximate surface area is 154 Å². The summed E-state index contributed by atoms with van der Waals surface area (Å²) in [6.45, 7) is 2.19. The first kappa shape index (κ1) is 16.5. The monoisotopic (exact) mass is 369 g/mol. The molecule has 1 aliphatic rings. The van der Waals surface area contributed by atoms with Gasteiger partial charge in [-0.2, -0.15) is 5.10 Å². The number of fused-ring (bicyclic) bond motifs is 1. The fraction of sp³-hybridized carbons (Fsp3) is 0.222. The number of carbonyl (C=O) groups excluding carboxylic acids is 2. The van der Waals surface area contributed by atoms with Crippen LogP contribution < -0.4 is 10.2 Å². The number of anilines is 2. The number of rotatable bonds is 3. The highest BCUT2D eigenvalue weighted by atomic mass is 35.5. The normalized spacial score (nSPS) is 17.1. The molecule has 0 bridgehead atoms. The second-order valence-electron chi connectivity index (χ2n) is 6.29. The van der Waals surface area contributed by atoms with Crippen molar-refractivity contribution in [3.8, 4) is 0 Å². The van der Waals surface area contributed by atoms with E-state index in [1.165, 1.54) is 0 Å². The Morgan fingerprint density at radius 1 is 1.38 bits per heavy atom. The van der Waals surface area contributed by atoms with Crippen LogP contribution in [-0.2, 0) is 9.59 Å². The van der Waals surface area contributed by atoms with Crippen LogP contribution >= 0.6 is 11.6 Å². The van der Waals surface area contributed by atoms with Gasteiger partial charge in [0, 0.05) is 24.0 Å². The molecule has 2 amide bonds. The maximum Gasteiger partial charge on any atom is 0.229 e. The van der Waals surface area contributed by atoms with E-state index in [1.807, 2.05) is 19.1 Å². The van der Waals surface area contributed by atoms with Gasteiger partial charge < -0.3 is 10.2 Å². The summed E-state index contributed by atoms with van der Waals surface area (Å²) in [6, 6.07) is 8.95. The number of amides is 2. The van der Waals surface area contributed by atoms with Crippen LogP contribution in [0.25, 0.3) is 11.0 Å². The number of hydrogen-bond donors (Lipinski definition) is 2. The number of nitrogens with zero attached hydrogens (tertiary/aromatic N) is 3. The number of benzene rings is 1. The molecule has 7 nitrogen and oxygen atoms in total. The Balaban J connectivity index is 1.51. The van der Waals surface area contributed by atoms with Crippen LogP contribution in [0.5, 0.6) is 0 Å². The lowest BCUT2D eigenvalue weighted by atomic mass is 10.1. The number of para-hydroxylation sites is 1. The second kappa shape index (κ2) is 6.42. The summed E-state index contributed by atoms with van der Waals surface area (Å²) in [4.78, 5) is 30.7. The Bertz CT molecular complexity index is 1020. The summed E-state index contributed by atoms with van der Waals surface area (Å²) in [5.74, 6) is -0.771. The van der Waals surface area contributed by atoms with E-state index in [9.17, 15) is 9.59 Å². The maximum absolute atomic E-state index is 12.6. The standard InChI is InChI=1S/C18H16ClN5O2/c1-10-13-7-12(8-20-17(13)23-22-10)21-18(26)11-6-16(25)24(9-11)15-5-3-2-4-14(15)19/h2-5,7-8,11H,6,9H2,1H3,(H,21,26)(H,20,22,23)/t11-/m1/s1. The molecule has 1 atom stereocenters. The molecule has 0 unspecified atom stereocenters. The molecule has 0 aliphatic carbocycles. The zero-order chi connectivity index (χ0) is 18.3. The molecule has 1 fully saturated rings. The number of pyridine rings is 1. The van der Waals surface area contributed by atoms with E-state index in [2.05, 4.69) is 20.5 Å². The Kier molecular flexibility index (Phi) is 4.08. The van der Waals surface area contributed by atoms with Crippen LogP contribution in [0.4, 0.5) is 11.4 Å². The third kappa shape index (κ3) is 2.90. The van der Waals surface area contributed by atoms with Crippen LogP contribution in [0.1, 0.15) is 12.1 Å². The first-order valence-electron chi connectivity index (χ1n) is 8.19. The van der Waals surface area contributed by atoms with Gasteiger partial charge in [-0.25, -0.2) is 4.98 Å². The zero-order valence-electron chi connectivity index (χ0n) is 14.0. The molecule has 26 heavy (non-hydrogen) atoms. The van der Waals surface area contributed by atoms with Gasteiger partial charge in [-0.15, -0.1) is 0 Å². The molecule has 0 spiro atoms. The molecule has 1 aromatic carbocycles.